The van der Waals surface area contributed by atoms with Gasteiger partial charge >= 0.3 is 11.9 Å². The van der Waals surface area contributed by atoms with E-state index in [2.05, 4.69) is 20.9 Å². The Bertz CT molecular complexity index is 1730. The average molecular weight is 832 g/mol. The van der Waals surface area contributed by atoms with Crippen LogP contribution in [0.2, 0.25) is 0 Å². The molecular weight excluding hydrogens is 767 g/mol. The number of rotatable bonds is 23. The van der Waals surface area contributed by atoms with Gasteiger partial charge in [0.25, 0.3) is 5.91 Å². The fraction of sp³-hybridized carbons (Fsp3) is 0.634. The molecular formula is C41H65N7O9S. The highest BCUT2D eigenvalue weighted by Gasteiger charge is 2.39. The molecule has 0 aliphatic carbocycles. The Balaban J connectivity index is 2.38. The Morgan fingerprint density at radius 3 is 2.22 bits per heavy atom. The van der Waals surface area contributed by atoms with Crippen LogP contribution in [0.4, 0.5) is 5.69 Å². The molecule has 1 aromatic heterocycles. The van der Waals surface area contributed by atoms with E-state index < -0.39 is 53.5 Å². The number of carboxylic acid groups (broad SMARTS) is 1. The highest BCUT2D eigenvalue weighted by molar-refractivity contribution is 7.09. The molecule has 0 saturated heterocycles. The van der Waals surface area contributed by atoms with Crippen LogP contribution in [0.3, 0.4) is 0 Å². The third kappa shape index (κ3) is 14.3. The van der Waals surface area contributed by atoms with Gasteiger partial charge in [-0.25, -0.2) is 4.98 Å². The molecule has 1 heterocycles. The number of aromatic nitrogens is 1. The number of phenols is 1. The smallest absolute Gasteiger partial charge is 0.306 e. The van der Waals surface area contributed by atoms with Gasteiger partial charge in [0.1, 0.15) is 22.5 Å². The van der Waals surface area contributed by atoms with Gasteiger partial charge in [0.05, 0.1) is 17.1 Å². The van der Waals surface area contributed by atoms with Crippen molar-refractivity contribution >= 4 is 52.6 Å². The van der Waals surface area contributed by atoms with Crippen LogP contribution >= 0.6 is 11.3 Å². The first-order valence-corrected chi connectivity index (χ1v) is 20.6. The SMILES string of the molecule is CC[C@H](C)[C@H](NC(=O)C(C)(C)N(C)C)C(=O)N(C)[C@H](C[C@@H](OC(C)=O)c1nc(C(=O)N[C@@H](Cc2ccc(O)c(NC(=O)CCCN)c2)CC(C)C(=O)O)cs1)C(C)C. The summed E-state index contributed by atoms with van der Waals surface area (Å²) in [5, 5.41) is 30.4. The maximum Gasteiger partial charge on any atom is 0.306 e. The fourth-order valence-electron chi connectivity index (χ4n) is 6.17. The minimum atomic E-state index is -1.05. The third-order valence-electron chi connectivity index (χ3n) is 10.7. The molecule has 16 nitrogen and oxygen atoms in total. The van der Waals surface area contributed by atoms with Crippen LogP contribution < -0.4 is 21.7 Å². The number of likely N-dealkylation sites (N-methyl/N-ethyl adjacent to an activating group) is 2. The van der Waals surface area contributed by atoms with Crippen molar-refractivity contribution in [3.63, 3.8) is 0 Å². The van der Waals surface area contributed by atoms with E-state index in [1.54, 1.807) is 56.9 Å². The summed E-state index contributed by atoms with van der Waals surface area (Å²) in [7, 11) is 5.26. The standard InChI is InChI=1S/C41H65N7O9S/c1-12-24(4)35(46-40(56)41(7,8)47(9)10)38(53)48(11)31(23(2)3)21-33(57-26(6)49)37-45-30(22-58-37)36(52)43-28(18-25(5)39(54)55)19-27-15-16-32(50)29(20-27)44-34(51)14-13-17-42/h15-16,20,22-25,28,31,33,35,50H,12-14,17-19,21,42H2,1-11H3,(H,43,52)(H,44,51)(H,46,56)(H,54,55)/t24-,25?,28+,31+,33+,35-/m0/s1. The number of aliphatic carboxylic acids is 1. The number of thiazole rings is 1. The lowest BCUT2D eigenvalue weighted by atomic mass is 9.92. The lowest BCUT2D eigenvalue weighted by Gasteiger charge is -2.38. The maximum atomic E-state index is 14.2. The number of hydrogen-bond donors (Lipinski definition) is 6. The number of nitrogens with zero attached hydrogens (tertiary/aromatic N) is 3. The summed E-state index contributed by atoms with van der Waals surface area (Å²) in [5.74, 6) is -4.36. The number of hydrogen-bond acceptors (Lipinski definition) is 12. The Morgan fingerprint density at radius 2 is 1.67 bits per heavy atom. The van der Waals surface area contributed by atoms with Crippen molar-refractivity contribution in [1.29, 1.82) is 0 Å². The first-order valence-electron chi connectivity index (χ1n) is 19.8. The quantitative estimate of drug-likeness (QED) is 0.0679. The zero-order valence-corrected chi connectivity index (χ0v) is 36.7. The van der Waals surface area contributed by atoms with Crippen LogP contribution in [0.15, 0.2) is 23.6 Å². The molecule has 0 saturated carbocycles. The van der Waals surface area contributed by atoms with E-state index in [-0.39, 0.29) is 72.4 Å². The molecule has 4 amide bonds. The van der Waals surface area contributed by atoms with E-state index in [4.69, 9.17) is 10.5 Å². The molecule has 0 aliphatic rings. The first kappa shape index (κ1) is 49.5. The summed E-state index contributed by atoms with van der Waals surface area (Å²) in [5.41, 5.74) is 5.46. The van der Waals surface area contributed by atoms with Crippen LogP contribution in [-0.2, 0) is 35.1 Å². The third-order valence-corrected chi connectivity index (χ3v) is 11.6. The van der Waals surface area contributed by atoms with Gasteiger partial charge in [-0.15, -0.1) is 11.3 Å². The summed E-state index contributed by atoms with van der Waals surface area (Å²) in [6, 6.07) is 2.64. The second-order valence-electron chi connectivity index (χ2n) is 16.1. The van der Waals surface area contributed by atoms with Gasteiger partial charge in [0, 0.05) is 44.3 Å². The first-order chi connectivity index (χ1) is 27.0. The normalized spacial score (nSPS) is 14.8. The van der Waals surface area contributed by atoms with Crippen molar-refractivity contribution in [1.82, 2.24) is 25.4 Å². The molecule has 1 aromatic carbocycles. The number of anilines is 1. The number of ether oxygens (including phenoxy) is 1. The van der Waals surface area contributed by atoms with Crippen molar-refractivity contribution in [2.45, 2.75) is 124 Å². The van der Waals surface area contributed by atoms with Crippen LogP contribution in [0.1, 0.15) is 115 Å². The molecule has 2 rings (SSSR count). The summed E-state index contributed by atoms with van der Waals surface area (Å²) in [6.07, 6.45) is 0.747. The van der Waals surface area contributed by atoms with Crippen molar-refractivity contribution < 1.29 is 43.7 Å². The fourth-order valence-corrected chi connectivity index (χ4v) is 7.01. The Morgan fingerprint density at radius 1 is 1.02 bits per heavy atom. The number of nitrogens with one attached hydrogen (secondary N) is 3. The predicted molar refractivity (Wildman–Crippen MR) is 223 cm³/mol. The van der Waals surface area contributed by atoms with Gasteiger partial charge in [-0.1, -0.05) is 47.1 Å². The van der Waals surface area contributed by atoms with E-state index in [0.29, 0.717) is 30.0 Å². The molecule has 17 heteroatoms. The van der Waals surface area contributed by atoms with Crippen LogP contribution in [0, 0.1) is 17.8 Å². The number of nitrogens with two attached hydrogens (primary N) is 1. The highest BCUT2D eigenvalue weighted by atomic mass is 32.1. The number of esters is 1. The van der Waals surface area contributed by atoms with Gasteiger partial charge in [0.2, 0.25) is 17.7 Å². The summed E-state index contributed by atoms with van der Waals surface area (Å²) in [6.45, 7) is 14.4. The molecule has 0 bridgehead atoms. The molecule has 6 atom stereocenters. The Hall–Kier alpha value is -4.61. The monoisotopic (exact) mass is 831 g/mol. The Kier molecular flexibility index (Phi) is 19.2. The van der Waals surface area contributed by atoms with Crippen molar-refractivity contribution in [3.05, 3.63) is 39.8 Å². The van der Waals surface area contributed by atoms with Gasteiger partial charge in [-0.3, -0.25) is 33.7 Å². The topological polar surface area (TPSA) is 234 Å². The van der Waals surface area contributed by atoms with Gasteiger partial charge in [0.15, 0.2) is 6.10 Å². The number of carbonyl (C=O) groups excluding carboxylic acids is 5. The summed E-state index contributed by atoms with van der Waals surface area (Å²) >= 11 is 1.11. The summed E-state index contributed by atoms with van der Waals surface area (Å²) in [4.78, 5) is 85.7. The predicted octanol–water partition coefficient (Wildman–Crippen LogP) is 4.33. The van der Waals surface area contributed by atoms with E-state index in [0.717, 1.165) is 11.3 Å². The number of carboxylic acids is 1. The molecule has 324 valence electrons. The molecule has 2 aromatic rings. The maximum absolute atomic E-state index is 14.2. The largest absolute Gasteiger partial charge is 0.506 e. The van der Waals surface area contributed by atoms with E-state index in [9.17, 15) is 39.0 Å². The lowest BCUT2D eigenvalue weighted by molar-refractivity contribution is -0.149. The van der Waals surface area contributed by atoms with E-state index >= 15 is 0 Å². The van der Waals surface area contributed by atoms with E-state index in [1.165, 1.54) is 25.3 Å². The summed E-state index contributed by atoms with van der Waals surface area (Å²) < 4.78 is 5.76. The molecule has 0 fully saturated rings. The van der Waals surface area contributed by atoms with Gasteiger partial charge in [-0.2, -0.15) is 0 Å². The molecule has 0 radical (unpaired) electrons. The zero-order chi connectivity index (χ0) is 44.1. The van der Waals surface area contributed by atoms with Crippen molar-refractivity contribution in [2.24, 2.45) is 23.5 Å². The second kappa shape index (κ2) is 22.5. The van der Waals surface area contributed by atoms with Crippen LogP contribution in [-0.4, -0.2) is 112 Å². The molecule has 58 heavy (non-hydrogen) atoms. The van der Waals surface area contributed by atoms with Gasteiger partial charge in [-0.05, 0) is 83.3 Å². The molecule has 0 spiro atoms. The highest BCUT2D eigenvalue weighted by Crippen LogP contribution is 2.32. The number of carbonyl (C=O) groups is 6. The lowest BCUT2D eigenvalue weighted by Crippen LogP contribution is -2.60. The minimum absolute atomic E-state index is 0.0253. The number of phenolic OH excluding ortho intramolecular Hbond substituents is 1. The average Bonchev–Trinajstić information content (AvgIpc) is 3.65. The number of amides is 4. The van der Waals surface area contributed by atoms with Crippen molar-refractivity contribution in [3.8, 4) is 5.75 Å². The second-order valence-corrected chi connectivity index (χ2v) is 17.0. The zero-order valence-electron chi connectivity index (χ0n) is 35.9. The minimum Gasteiger partial charge on any atom is -0.506 e. The van der Waals surface area contributed by atoms with E-state index in [1.807, 2.05) is 27.7 Å². The van der Waals surface area contributed by atoms with Crippen molar-refractivity contribution in [2.75, 3.05) is 33.0 Å². The number of benzene rings is 1. The molecule has 7 N–H and O–H groups in total. The Labute approximate surface area is 346 Å². The van der Waals surface area contributed by atoms with Crippen LogP contribution in [0.25, 0.3) is 0 Å². The molecule has 1 unspecified atom stereocenters. The number of aromatic hydroxyl groups is 1. The molecule has 0 aliphatic heterocycles. The van der Waals surface area contributed by atoms with Gasteiger partial charge < -0.3 is 41.5 Å². The van der Waals surface area contributed by atoms with Crippen LogP contribution in [0.5, 0.6) is 5.75 Å².